The van der Waals surface area contributed by atoms with E-state index in [-0.39, 0.29) is 0 Å². The molecule has 0 bridgehead atoms. The molecule has 102 valence electrons. The van der Waals surface area contributed by atoms with Gasteiger partial charge in [0, 0.05) is 23.7 Å². The fraction of sp³-hybridized carbons (Fsp3) is 0.250. The Balaban J connectivity index is 1.96. The molecule has 2 aliphatic heterocycles. The van der Waals surface area contributed by atoms with E-state index in [9.17, 15) is 5.11 Å². The maximum atomic E-state index is 10.6. The highest BCUT2D eigenvalue weighted by Crippen LogP contribution is 2.49. The number of rotatable bonds is 1. The Bertz CT molecular complexity index is 658. The Morgan fingerprint density at radius 2 is 1.90 bits per heavy atom. The number of aliphatic hydroxyl groups is 1. The molecule has 2 aliphatic rings. The van der Waals surface area contributed by atoms with Gasteiger partial charge in [0.05, 0.1) is 0 Å². The van der Waals surface area contributed by atoms with Crippen LogP contribution in [-0.2, 0) is 5.66 Å². The molecule has 2 heterocycles. The first-order chi connectivity index (χ1) is 9.73. The van der Waals surface area contributed by atoms with Crippen molar-refractivity contribution in [1.82, 2.24) is 10.2 Å². The average Bonchev–Trinajstić information content (AvgIpc) is 3.01. The number of fused-ring (bicyclic) bond motifs is 3. The van der Waals surface area contributed by atoms with Crippen molar-refractivity contribution in [3.8, 4) is 0 Å². The molecule has 0 aliphatic carbocycles. The lowest BCUT2D eigenvalue weighted by Gasteiger charge is -2.34. The van der Waals surface area contributed by atoms with Gasteiger partial charge >= 0.3 is 0 Å². The maximum Gasteiger partial charge on any atom is 0.135 e. The molecule has 1 saturated heterocycles. The second-order valence-corrected chi connectivity index (χ2v) is 5.73. The van der Waals surface area contributed by atoms with Crippen molar-refractivity contribution in [1.29, 1.82) is 0 Å². The first-order valence-corrected chi connectivity index (χ1v) is 7.16. The highest BCUT2D eigenvalue weighted by molar-refractivity contribution is 6.30. The number of hydrogen-bond acceptors (Lipinski definition) is 3. The summed E-state index contributed by atoms with van der Waals surface area (Å²) in [4.78, 5) is 2.11. The summed E-state index contributed by atoms with van der Waals surface area (Å²) in [6.07, 6.45) is -0.558. The van der Waals surface area contributed by atoms with Crippen LogP contribution >= 0.6 is 11.6 Å². The molecular weight excluding hydrogens is 272 g/mol. The van der Waals surface area contributed by atoms with Gasteiger partial charge in [0.1, 0.15) is 11.9 Å². The van der Waals surface area contributed by atoms with Crippen molar-refractivity contribution in [3.63, 3.8) is 0 Å². The molecular formula is C16H15ClN2O. The maximum absolute atomic E-state index is 10.6. The van der Waals surface area contributed by atoms with Crippen molar-refractivity contribution < 1.29 is 5.11 Å². The summed E-state index contributed by atoms with van der Waals surface area (Å²) in [5, 5.41) is 14.9. The topological polar surface area (TPSA) is 35.5 Å². The van der Waals surface area contributed by atoms with Crippen molar-refractivity contribution in [2.24, 2.45) is 0 Å². The van der Waals surface area contributed by atoms with E-state index < -0.39 is 11.9 Å². The zero-order valence-corrected chi connectivity index (χ0v) is 11.6. The predicted molar refractivity (Wildman–Crippen MR) is 78.3 cm³/mol. The Hall–Kier alpha value is -1.39. The molecule has 3 nitrogen and oxygen atoms in total. The number of halogens is 1. The minimum atomic E-state index is -0.558. The Morgan fingerprint density at radius 1 is 1.15 bits per heavy atom. The molecule has 2 N–H and O–H groups in total. The van der Waals surface area contributed by atoms with Crippen LogP contribution in [0.1, 0.15) is 22.9 Å². The van der Waals surface area contributed by atoms with E-state index in [4.69, 9.17) is 11.6 Å². The molecule has 0 spiro atoms. The number of nitrogens with one attached hydrogen (secondary N) is 1. The van der Waals surface area contributed by atoms with Crippen LogP contribution in [-0.4, -0.2) is 23.1 Å². The van der Waals surface area contributed by atoms with E-state index in [2.05, 4.69) is 16.3 Å². The van der Waals surface area contributed by atoms with E-state index in [1.807, 2.05) is 42.5 Å². The fourth-order valence-corrected chi connectivity index (χ4v) is 3.64. The van der Waals surface area contributed by atoms with Gasteiger partial charge in [-0.3, -0.25) is 5.32 Å². The average molecular weight is 287 g/mol. The van der Waals surface area contributed by atoms with Gasteiger partial charge in [0.15, 0.2) is 0 Å². The molecule has 0 radical (unpaired) electrons. The smallest absolute Gasteiger partial charge is 0.135 e. The lowest BCUT2D eigenvalue weighted by atomic mass is 9.91. The zero-order valence-electron chi connectivity index (χ0n) is 10.9. The van der Waals surface area contributed by atoms with Gasteiger partial charge in [-0.15, -0.1) is 0 Å². The monoisotopic (exact) mass is 286 g/mol. The Labute approximate surface area is 122 Å². The van der Waals surface area contributed by atoms with Gasteiger partial charge in [-0.25, -0.2) is 4.90 Å². The molecule has 0 saturated carbocycles. The number of hydrogen-bond donors (Lipinski definition) is 2. The van der Waals surface area contributed by atoms with E-state index >= 15 is 0 Å². The second-order valence-electron chi connectivity index (χ2n) is 5.30. The number of benzene rings is 2. The van der Waals surface area contributed by atoms with Crippen molar-refractivity contribution in [3.05, 3.63) is 70.2 Å². The third kappa shape index (κ3) is 1.46. The molecule has 0 aromatic heterocycles. The van der Waals surface area contributed by atoms with Crippen molar-refractivity contribution in [2.75, 3.05) is 13.1 Å². The van der Waals surface area contributed by atoms with Gasteiger partial charge in [-0.1, -0.05) is 48.0 Å². The summed E-state index contributed by atoms with van der Waals surface area (Å²) in [7, 11) is 0. The van der Waals surface area contributed by atoms with Gasteiger partial charge < -0.3 is 5.11 Å². The highest BCUT2D eigenvalue weighted by atomic mass is 35.5. The van der Waals surface area contributed by atoms with E-state index in [0.29, 0.717) is 0 Å². The van der Waals surface area contributed by atoms with E-state index in [1.54, 1.807) is 0 Å². The summed E-state index contributed by atoms with van der Waals surface area (Å²) in [6.45, 7) is 1.67. The fourth-order valence-electron chi connectivity index (χ4n) is 3.52. The summed E-state index contributed by atoms with van der Waals surface area (Å²) < 4.78 is 0. The van der Waals surface area contributed by atoms with Gasteiger partial charge in [0.2, 0.25) is 0 Å². The second kappa shape index (κ2) is 4.30. The lowest BCUT2D eigenvalue weighted by Crippen LogP contribution is -2.46. The van der Waals surface area contributed by atoms with Crippen molar-refractivity contribution >= 4 is 11.6 Å². The van der Waals surface area contributed by atoms with E-state index in [1.165, 1.54) is 0 Å². The normalized spacial score (nSPS) is 28.4. The Morgan fingerprint density at radius 3 is 2.70 bits per heavy atom. The standard InChI is InChI=1S/C16H15ClN2O/c17-12-7-5-11(6-8-12)16-14-4-2-1-3-13(14)15(20)19(16)10-9-18-16/h1-8,15,18,20H,9-10H2/t15-,16+/m0/s1. The molecule has 2 aromatic carbocycles. The summed E-state index contributed by atoms with van der Waals surface area (Å²) >= 11 is 6.00. The third-order valence-electron chi connectivity index (χ3n) is 4.35. The predicted octanol–water partition coefficient (Wildman–Crippen LogP) is 2.45. The van der Waals surface area contributed by atoms with Crippen LogP contribution in [0.15, 0.2) is 48.5 Å². The van der Waals surface area contributed by atoms with Gasteiger partial charge in [0.25, 0.3) is 0 Å². The molecule has 1 fully saturated rings. The van der Waals surface area contributed by atoms with Crippen LogP contribution in [0.5, 0.6) is 0 Å². The number of aliphatic hydroxyl groups excluding tert-OH is 1. The van der Waals surface area contributed by atoms with Crippen LogP contribution in [0.3, 0.4) is 0 Å². The van der Waals surface area contributed by atoms with Gasteiger partial charge in [-0.05, 0) is 23.3 Å². The zero-order chi connectivity index (χ0) is 13.7. The number of nitrogens with zero attached hydrogens (tertiary/aromatic N) is 1. The van der Waals surface area contributed by atoms with Crippen molar-refractivity contribution in [2.45, 2.75) is 11.9 Å². The molecule has 0 unspecified atom stereocenters. The lowest BCUT2D eigenvalue weighted by molar-refractivity contribution is -0.0173. The summed E-state index contributed by atoms with van der Waals surface area (Å²) in [5.74, 6) is 0. The minimum absolute atomic E-state index is 0.430. The Kier molecular flexibility index (Phi) is 2.66. The SMILES string of the molecule is O[C@H]1c2ccccc2[C@]2(c3ccc(Cl)cc3)NCCN12. The first-order valence-electron chi connectivity index (χ1n) is 6.79. The summed E-state index contributed by atoms with van der Waals surface area (Å²) in [5.41, 5.74) is 2.80. The summed E-state index contributed by atoms with van der Waals surface area (Å²) in [6, 6.07) is 15.9. The first kappa shape index (κ1) is 12.4. The van der Waals surface area contributed by atoms with Crippen LogP contribution in [0.2, 0.25) is 5.02 Å². The molecule has 0 amide bonds. The minimum Gasteiger partial charge on any atom is -0.374 e. The third-order valence-corrected chi connectivity index (χ3v) is 4.60. The molecule has 2 aromatic rings. The van der Waals surface area contributed by atoms with Crippen LogP contribution in [0.25, 0.3) is 0 Å². The molecule has 2 atom stereocenters. The molecule has 4 heteroatoms. The molecule has 4 rings (SSSR count). The highest BCUT2D eigenvalue weighted by Gasteiger charge is 2.53. The largest absolute Gasteiger partial charge is 0.374 e. The van der Waals surface area contributed by atoms with E-state index in [0.717, 1.165) is 34.8 Å². The van der Waals surface area contributed by atoms with Crippen LogP contribution < -0.4 is 5.32 Å². The quantitative estimate of drug-likeness (QED) is 0.845. The van der Waals surface area contributed by atoms with Gasteiger partial charge in [-0.2, -0.15) is 0 Å². The van der Waals surface area contributed by atoms with Crippen LogP contribution in [0, 0.1) is 0 Å². The molecule has 20 heavy (non-hydrogen) atoms. The van der Waals surface area contributed by atoms with Crippen LogP contribution in [0.4, 0.5) is 0 Å².